The van der Waals surface area contributed by atoms with E-state index in [2.05, 4.69) is 10.1 Å². The molecular formula is C11H12FNO4. The van der Waals surface area contributed by atoms with Gasteiger partial charge in [-0.05, 0) is 12.1 Å². The maximum Gasteiger partial charge on any atom is 0.407 e. The Morgan fingerprint density at radius 3 is 2.65 bits per heavy atom. The highest BCUT2D eigenvalue weighted by atomic mass is 19.1. The molecular weight excluding hydrogens is 229 g/mol. The highest BCUT2D eigenvalue weighted by Crippen LogP contribution is 2.17. The number of hydrogen-bond donors (Lipinski definition) is 1. The van der Waals surface area contributed by atoms with Gasteiger partial charge in [-0.15, -0.1) is 0 Å². The van der Waals surface area contributed by atoms with Crippen molar-refractivity contribution in [2.24, 2.45) is 0 Å². The van der Waals surface area contributed by atoms with Crippen LogP contribution in [0.1, 0.15) is 12.5 Å². The van der Waals surface area contributed by atoms with E-state index in [1.807, 2.05) is 0 Å². The number of halogens is 1. The van der Waals surface area contributed by atoms with Crippen LogP contribution >= 0.6 is 0 Å². The van der Waals surface area contributed by atoms with Gasteiger partial charge in [-0.25, -0.2) is 9.18 Å². The second-order valence-electron chi connectivity index (χ2n) is 3.17. The fourth-order valence-electron chi connectivity index (χ4n) is 1.09. The molecule has 1 N–H and O–H groups in total. The van der Waals surface area contributed by atoms with Crippen LogP contribution in [-0.4, -0.2) is 19.1 Å². The van der Waals surface area contributed by atoms with Gasteiger partial charge in [0.15, 0.2) is 0 Å². The molecule has 6 heteroatoms. The molecule has 0 fully saturated rings. The van der Waals surface area contributed by atoms with Crippen molar-refractivity contribution >= 4 is 12.1 Å². The van der Waals surface area contributed by atoms with Crippen molar-refractivity contribution in [3.05, 3.63) is 29.6 Å². The van der Waals surface area contributed by atoms with Crippen molar-refractivity contribution in [2.75, 3.05) is 7.05 Å². The summed E-state index contributed by atoms with van der Waals surface area (Å²) in [5.41, 5.74) is 0.199. The van der Waals surface area contributed by atoms with Gasteiger partial charge in [0.2, 0.25) is 0 Å². The van der Waals surface area contributed by atoms with Crippen molar-refractivity contribution in [1.82, 2.24) is 5.32 Å². The summed E-state index contributed by atoms with van der Waals surface area (Å²) in [4.78, 5) is 21.4. The number of esters is 1. The van der Waals surface area contributed by atoms with Gasteiger partial charge in [-0.3, -0.25) is 4.79 Å². The molecule has 0 aliphatic heterocycles. The lowest BCUT2D eigenvalue weighted by Gasteiger charge is -2.06. The molecule has 0 atom stereocenters. The first-order valence-electron chi connectivity index (χ1n) is 4.84. The van der Waals surface area contributed by atoms with Gasteiger partial charge in [0.1, 0.15) is 18.2 Å². The van der Waals surface area contributed by atoms with E-state index in [1.54, 1.807) is 0 Å². The van der Waals surface area contributed by atoms with Crippen molar-refractivity contribution in [3.8, 4) is 5.75 Å². The smallest absolute Gasteiger partial charge is 0.407 e. The lowest BCUT2D eigenvalue weighted by atomic mass is 10.2. The topological polar surface area (TPSA) is 64.6 Å². The van der Waals surface area contributed by atoms with E-state index in [4.69, 9.17) is 4.74 Å². The summed E-state index contributed by atoms with van der Waals surface area (Å²) in [5, 5.41) is 2.24. The summed E-state index contributed by atoms with van der Waals surface area (Å²) in [5.74, 6) is -1.02. The zero-order chi connectivity index (χ0) is 12.8. The lowest BCUT2D eigenvalue weighted by Crippen LogP contribution is -2.19. The van der Waals surface area contributed by atoms with Crippen LogP contribution in [0.4, 0.5) is 9.18 Å². The lowest BCUT2D eigenvalue weighted by molar-refractivity contribution is -0.131. The Morgan fingerprint density at radius 1 is 1.41 bits per heavy atom. The Hall–Kier alpha value is -2.11. The molecule has 0 aliphatic rings. The number of amides is 1. The molecule has 0 unspecified atom stereocenters. The number of carbonyl (C=O) groups excluding carboxylic acids is 2. The second kappa shape index (κ2) is 5.83. The maximum atomic E-state index is 13.5. The van der Waals surface area contributed by atoms with Gasteiger partial charge in [-0.1, -0.05) is 0 Å². The quantitative estimate of drug-likeness (QED) is 0.645. The van der Waals surface area contributed by atoms with E-state index >= 15 is 0 Å². The molecule has 1 amide bonds. The number of hydrogen-bond acceptors (Lipinski definition) is 4. The van der Waals surface area contributed by atoms with Crippen LogP contribution < -0.4 is 10.1 Å². The standard InChI is InChI=1S/C11H12FNO4/c1-7(14)17-9-4-3-8(10(12)5-9)6-16-11(15)13-2/h3-5H,6H2,1-2H3,(H,13,15). The SMILES string of the molecule is CNC(=O)OCc1ccc(OC(C)=O)cc1F. The maximum absolute atomic E-state index is 13.5. The number of benzene rings is 1. The van der Waals surface area contributed by atoms with Crippen molar-refractivity contribution in [3.63, 3.8) is 0 Å². The number of rotatable bonds is 3. The number of alkyl carbamates (subject to hydrolysis) is 1. The normalized spacial score (nSPS) is 9.59. The van der Waals surface area contributed by atoms with Gasteiger partial charge in [-0.2, -0.15) is 0 Å². The van der Waals surface area contributed by atoms with E-state index < -0.39 is 17.9 Å². The molecule has 17 heavy (non-hydrogen) atoms. The van der Waals surface area contributed by atoms with Gasteiger partial charge in [0.25, 0.3) is 0 Å². The molecule has 92 valence electrons. The summed E-state index contributed by atoms with van der Waals surface area (Å²) in [7, 11) is 1.41. The molecule has 0 heterocycles. The summed E-state index contributed by atoms with van der Waals surface area (Å²) in [6.07, 6.45) is -0.645. The van der Waals surface area contributed by atoms with Crippen LogP contribution in [0.3, 0.4) is 0 Å². The molecule has 1 aromatic carbocycles. The summed E-state index contributed by atoms with van der Waals surface area (Å²) in [6, 6.07) is 3.87. The minimum Gasteiger partial charge on any atom is -0.445 e. The van der Waals surface area contributed by atoms with Crippen LogP contribution in [0.5, 0.6) is 5.75 Å². The minimum atomic E-state index is -0.645. The Labute approximate surface area is 97.5 Å². The Kier molecular flexibility index (Phi) is 4.45. The van der Waals surface area contributed by atoms with Crippen LogP contribution in [-0.2, 0) is 16.1 Å². The van der Waals surface area contributed by atoms with Crippen molar-refractivity contribution in [2.45, 2.75) is 13.5 Å². The molecule has 0 saturated heterocycles. The van der Waals surface area contributed by atoms with Gasteiger partial charge >= 0.3 is 12.1 Å². The highest BCUT2D eigenvalue weighted by Gasteiger charge is 2.08. The van der Waals surface area contributed by atoms with Gasteiger partial charge in [0.05, 0.1) is 0 Å². The Bertz CT molecular complexity index is 433. The molecule has 0 aliphatic carbocycles. The fraction of sp³-hybridized carbons (Fsp3) is 0.273. The minimum absolute atomic E-state index is 0.110. The first-order chi connectivity index (χ1) is 8.02. The van der Waals surface area contributed by atoms with Crippen LogP contribution in [0.15, 0.2) is 18.2 Å². The third kappa shape index (κ3) is 4.10. The Balaban J connectivity index is 2.69. The molecule has 1 aromatic rings. The predicted molar refractivity (Wildman–Crippen MR) is 57.0 cm³/mol. The average molecular weight is 241 g/mol. The monoisotopic (exact) mass is 241 g/mol. The van der Waals surface area contributed by atoms with Crippen molar-refractivity contribution in [1.29, 1.82) is 0 Å². The van der Waals surface area contributed by atoms with Gasteiger partial charge < -0.3 is 14.8 Å². The number of nitrogens with one attached hydrogen (secondary N) is 1. The summed E-state index contributed by atoms with van der Waals surface area (Å²) in [6.45, 7) is 1.03. The molecule has 0 radical (unpaired) electrons. The van der Waals surface area contributed by atoms with Crippen molar-refractivity contribution < 1.29 is 23.5 Å². The van der Waals surface area contributed by atoms with E-state index in [9.17, 15) is 14.0 Å². The largest absolute Gasteiger partial charge is 0.445 e. The molecule has 1 rings (SSSR count). The number of carbonyl (C=O) groups is 2. The number of ether oxygens (including phenoxy) is 2. The zero-order valence-corrected chi connectivity index (χ0v) is 9.45. The fourth-order valence-corrected chi connectivity index (χ4v) is 1.09. The molecule has 0 aromatic heterocycles. The predicted octanol–water partition coefficient (Wildman–Crippen LogP) is 1.61. The molecule has 0 spiro atoms. The average Bonchev–Trinajstić information content (AvgIpc) is 2.26. The van der Waals surface area contributed by atoms with E-state index in [1.165, 1.54) is 26.1 Å². The zero-order valence-electron chi connectivity index (χ0n) is 9.45. The molecule has 0 saturated carbocycles. The van der Waals surface area contributed by atoms with Gasteiger partial charge in [0, 0.05) is 25.6 Å². The highest BCUT2D eigenvalue weighted by molar-refractivity contribution is 5.69. The van der Waals surface area contributed by atoms with E-state index in [0.29, 0.717) is 0 Å². The second-order valence-corrected chi connectivity index (χ2v) is 3.17. The van der Waals surface area contributed by atoms with E-state index in [-0.39, 0.29) is 17.9 Å². The van der Waals surface area contributed by atoms with Crippen LogP contribution in [0, 0.1) is 5.82 Å². The van der Waals surface area contributed by atoms with E-state index in [0.717, 1.165) is 6.07 Å². The third-order valence-corrected chi connectivity index (χ3v) is 1.85. The summed E-state index contributed by atoms with van der Waals surface area (Å²) < 4.78 is 22.8. The molecule has 0 bridgehead atoms. The third-order valence-electron chi connectivity index (χ3n) is 1.85. The summed E-state index contributed by atoms with van der Waals surface area (Å²) >= 11 is 0. The Morgan fingerprint density at radius 2 is 2.12 bits per heavy atom. The van der Waals surface area contributed by atoms with Crippen LogP contribution in [0.25, 0.3) is 0 Å². The first kappa shape index (κ1) is 13.0. The van der Waals surface area contributed by atoms with Crippen LogP contribution in [0.2, 0.25) is 0 Å². The first-order valence-corrected chi connectivity index (χ1v) is 4.84. The molecule has 5 nitrogen and oxygen atoms in total.